The lowest BCUT2D eigenvalue weighted by atomic mass is 9.85. The van der Waals surface area contributed by atoms with Crippen LogP contribution in [-0.4, -0.2) is 256 Å². The third kappa shape index (κ3) is 27.7. The number of benzene rings is 4. The van der Waals surface area contributed by atoms with Crippen molar-refractivity contribution in [3.05, 3.63) is 116 Å². The average molecular weight is 1940 g/mol. The minimum absolute atomic E-state index is 0.00188. The number of ether oxygens (including phenoxy) is 6. The third-order valence-corrected chi connectivity index (χ3v) is 25.3. The van der Waals surface area contributed by atoms with Crippen LogP contribution < -0.4 is 65.5 Å². The SMILES string of the molecule is CC1OC(=O)C[C@@H]1NC(=O)[C@@H]1CCCN1C(=O)[C@@H](NC(=O)c1ccc(N)c(Cl)c1)C(C)(C)C.CCO[C@@H]1OC(=O)C[C@@H]1NC(=O)[C@@H]1CCCN1C(=O)[C@@H](NC(=O)c1ccc(N)c(C)c1)C(C)(C)C.CCO[C@@H]1OC(=O)C[C@@H]1NC(=O)[C@@H]1CCCN1C(=O)[C@@H](NC(=O)c1ccc(N)c(Cl)c1)C(C)(C)C.Cc1cc(C(=O)N[C@H](C(=O)N2CCC[C@H]2C(=O)N[C@H]2CC(=O)OC2O)C(C)(C)C)ccc1N. The van der Waals surface area contributed by atoms with Crippen molar-refractivity contribution in [2.75, 3.05) is 62.3 Å². The molecule has 4 aromatic rings. The highest BCUT2D eigenvalue weighted by atomic mass is 35.5. The number of nitrogens with zero attached hydrogens (tertiary/aromatic N) is 4. The quantitative estimate of drug-likeness (QED) is 0.0227. The van der Waals surface area contributed by atoms with Crippen molar-refractivity contribution < 1.29 is 110 Å². The summed E-state index contributed by atoms with van der Waals surface area (Å²) in [5.41, 5.74) is 25.4. The van der Waals surface area contributed by atoms with Crippen molar-refractivity contribution in [1.29, 1.82) is 0 Å². The Morgan fingerprint density at radius 3 is 0.890 bits per heavy atom. The smallest absolute Gasteiger partial charge is 0.310 e. The first-order chi connectivity index (χ1) is 63.6. The molecule has 8 fully saturated rings. The van der Waals surface area contributed by atoms with Gasteiger partial charge in [0.2, 0.25) is 66.1 Å². The highest BCUT2D eigenvalue weighted by Gasteiger charge is 2.50. The van der Waals surface area contributed by atoms with Crippen LogP contribution in [-0.2, 0) is 86.0 Å². The molecular weight excluding hydrogens is 1800 g/mol. The van der Waals surface area contributed by atoms with Gasteiger partial charge in [-0.15, -0.1) is 0 Å². The predicted molar refractivity (Wildman–Crippen MR) is 502 cm³/mol. The summed E-state index contributed by atoms with van der Waals surface area (Å²) in [5, 5.41) is 32.7. The van der Waals surface area contributed by atoms with Gasteiger partial charge in [-0.3, -0.25) is 76.7 Å². The molecule has 12 amide bonds. The zero-order valence-corrected chi connectivity index (χ0v) is 81.7. The summed E-state index contributed by atoms with van der Waals surface area (Å²) in [7, 11) is 0. The molecule has 0 aliphatic carbocycles. The number of carbonyl (C=O) groups is 16. The van der Waals surface area contributed by atoms with E-state index in [0.29, 0.717) is 125 Å². The maximum absolute atomic E-state index is 13.7. The molecule has 0 aromatic heterocycles. The number of aliphatic hydroxyl groups is 1. The lowest BCUT2D eigenvalue weighted by molar-refractivity contribution is -0.165. The monoisotopic (exact) mass is 1930 g/mol. The van der Waals surface area contributed by atoms with Gasteiger partial charge in [0.15, 0.2) is 0 Å². The first-order valence-electron chi connectivity index (χ1n) is 45.8. The van der Waals surface area contributed by atoms with Gasteiger partial charge in [0.05, 0.1) is 53.1 Å². The second-order valence-electron chi connectivity index (χ2n) is 39.4. The van der Waals surface area contributed by atoms with E-state index in [1.807, 2.05) is 90.0 Å². The maximum atomic E-state index is 13.7. The fraction of sp³-hybridized carbons (Fsp3) is 0.579. The Hall–Kier alpha value is -11.9. The van der Waals surface area contributed by atoms with E-state index in [-0.39, 0.29) is 100 Å². The lowest BCUT2D eigenvalue weighted by Crippen LogP contribution is -2.58. The van der Waals surface area contributed by atoms with Crippen LogP contribution in [0.2, 0.25) is 10.0 Å². The minimum atomic E-state index is -1.41. The fourth-order valence-corrected chi connectivity index (χ4v) is 17.2. The molecule has 8 aliphatic rings. The number of anilines is 4. The summed E-state index contributed by atoms with van der Waals surface area (Å²) < 4.78 is 30.8. The van der Waals surface area contributed by atoms with Gasteiger partial charge in [-0.25, -0.2) is 0 Å². The van der Waals surface area contributed by atoms with Crippen LogP contribution in [0, 0.1) is 35.5 Å². The highest BCUT2D eigenvalue weighted by Crippen LogP contribution is 2.35. The topological polar surface area (TPSA) is 562 Å². The summed E-state index contributed by atoms with van der Waals surface area (Å²) in [5.74, 6) is -6.47. The number of nitrogens with two attached hydrogens (primary N) is 4. The van der Waals surface area contributed by atoms with Crippen molar-refractivity contribution in [2.24, 2.45) is 21.7 Å². The number of cyclic esters (lactones) is 4. The molecule has 8 aliphatic heterocycles. The molecule has 8 heterocycles. The molecular formula is C95H132Cl2N16O23. The number of esters is 4. The van der Waals surface area contributed by atoms with E-state index in [1.54, 1.807) is 70.2 Å². The Kier molecular flexibility index (Phi) is 36.3. The zero-order valence-electron chi connectivity index (χ0n) is 80.2. The van der Waals surface area contributed by atoms with Gasteiger partial charge in [0.1, 0.15) is 72.6 Å². The van der Waals surface area contributed by atoms with Crippen molar-refractivity contribution in [3.63, 3.8) is 0 Å². The predicted octanol–water partition coefficient (Wildman–Crippen LogP) is 5.70. The molecule has 2 unspecified atom stereocenters. The number of hydrogen-bond donors (Lipinski definition) is 13. The zero-order chi connectivity index (χ0) is 101. The molecule has 16 atom stereocenters. The summed E-state index contributed by atoms with van der Waals surface area (Å²) in [6.45, 7) is 33.2. The number of nitrogen functional groups attached to an aromatic ring is 4. The molecule has 4 aromatic carbocycles. The van der Waals surface area contributed by atoms with Gasteiger partial charge in [-0.05, 0) is 192 Å². The number of aryl methyl sites for hydroxylation is 2. The molecule has 136 heavy (non-hydrogen) atoms. The van der Waals surface area contributed by atoms with Crippen LogP contribution in [0.5, 0.6) is 0 Å². The molecule has 0 spiro atoms. The molecule has 39 nitrogen and oxygen atoms in total. The Labute approximate surface area is 801 Å². The van der Waals surface area contributed by atoms with E-state index in [9.17, 15) is 81.8 Å². The average Bonchev–Trinajstić information content (AvgIpc) is 1.62. The van der Waals surface area contributed by atoms with Crippen molar-refractivity contribution >= 4 is 141 Å². The first kappa shape index (κ1) is 108. The van der Waals surface area contributed by atoms with E-state index in [4.69, 9.17) is 69.8 Å². The normalized spacial score (nSPS) is 23.4. The number of carbonyl (C=O) groups excluding carboxylic acids is 16. The Bertz CT molecular complexity index is 4840. The van der Waals surface area contributed by atoms with Gasteiger partial charge in [-0.1, -0.05) is 106 Å². The molecule has 0 saturated carbocycles. The lowest BCUT2D eigenvalue weighted by Gasteiger charge is -2.35. The highest BCUT2D eigenvalue weighted by molar-refractivity contribution is 6.34. The minimum Gasteiger partial charge on any atom is -0.460 e. The molecule has 0 bridgehead atoms. The number of rotatable bonds is 24. The summed E-state index contributed by atoms with van der Waals surface area (Å²) >= 11 is 12.1. The van der Waals surface area contributed by atoms with Gasteiger partial charge >= 0.3 is 23.9 Å². The molecule has 0 radical (unpaired) electrons. The number of halogens is 2. The van der Waals surface area contributed by atoms with Crippen molar-refractivity contribution in [3.8, 4) is 0 Å². The Morgan fingerprint density at radius 2 is 0.640 bits per heavy atom. The van der Waals surface area contributed by atoms with E-state index in [1.165, 1.54) is 49.9 Å². The summed E-state index contributed by atoms with van der Waals surface area (Å²) in [6, 6.07) is 10.0. The third-order valence-electron chi connectivity index (χ3n) is 24.6. The van der Waals surface area contributed by atoms with Gasteiger partial charge < -0.3 is 119 Å². The van der Waals surface area contributed by atoms with Crippen LogP contribution in [0.4, 0.5) is 22.7 Å². The van der Waals surface area contributed by atoms with Crippen LogP contribution >= 0.6 is 23.2 Å². The standard InChI is InChI=1S/C25H36N4O6.C24H33ClN4O6.C23H31ClN4O5.C23H32N4O6/c1-6-34-24-17(13-19(30)35-24)27-22(32)18-8-7-11-29(18)23(33)20(25(3,4)5)28-21(31)15-9-10-16(26)14(2)12-15;1-5-34-23-16(12-18(30)35-23)27-21(32)17-7-6-10-29(17)22(33)19(24(2,3)4)28-20(31)13-8-9-15(26)14(25)11-13;1-12-16(11-18(29)33-12)26-21(31)17-6-5-9-28(17)22(32)19(23(2,3)4)27-20(30)13-7-8-15(25)14(24)10-13;1-12-10-13(7-8-14(12)24)19(29)26-18(23(2,3)4)21(31)27-9-5-6-16(27)20(30)25-15-11-17(28)33-22(15)32/h9-10,12,17-18,20,24H,6-8,11,13,26H2,1-5H3,(H,27,32)(H,28,31);8-9,11,16-17,19,23H,5-7,10,12,26H2,1-4H3,(H,27,32)(H,28,31);7-8,10,12,16-17,19H,5-6,9,11,25H2,1-4H3,(H,26,31)(H,27,30);7-8,10,15-16,18,22,32H,5-6,9,11,24H2,1-4H3,(H,25,30)(H,26,29)/t17-,18-,20+,24+;16-,17-,19+,23+;12?,16-,17-,19+;15-,16-,18+,22?/m0000/s1. The second-order valence-corrected chi connectivity index (χ2v) is 40.3. The van der Waals surface area contributed by atoms with E-state index >= 15 is 0 Å². The first-order valence-corrected chi connectivity index (χ1v) is 46.5. The van der Waals surface area contributed by atoms with Crippen molar-refractivity contribution in [1.82, 2.24) is 62.1 Å². The number of likely N-dealkylation sites (tertiary alicyclic amines) is 4. The van der Waals surface area contributed by atoms with E-state index in [0.717, 1.165) is 11.1 Å². The largest absolute Gasteiger partial charge is 0.460 e. The van der Waals surface area contributed by atoms with Crippen LogP contribution in [0.1, 0.15) is 233 Å². The molecule has 17 N–H and O–H groups in total. The van der Waals surface area contributed by atoms with E-state index in [2.05, 4.69) is 47.3 Å². The van der Waals surface area contributed by atoms with Gasteiger partial charge in [0.25, 0.3) is 23.6 Å². The van der Waals surface area contributed by atoms with Gasteiger partial charge in [-0.2, -0.15) is 0 Å². The molecule has 12 rings (SSSR count). The molecule has 8 saturated heterocycles. The van der Waals surface area contributed by atoms with Crippen LogP contribution in [0.3, 0.4) is 0 Å². The summed E-state index contributed by atoms with van der Waals surface area (Å²) in [6.07, 6.45) is 0.957. The van der Waals surface area contributed by atoms with Crippen LogP contribution in [0.25, 0.3) is 0 Å². The fourth-order valence-electron chi connectivity index (χ4n) is 16.9. The number of aliphatic hydroxyl groups excluding tert-OH is 1. The summed E-state index contributed by atoms with van der Waals surface area (Å²) in [4.78, 5) is 210. The second kappa shape index (κ2) is 45.8. The maximum Gasteiger partial charge on any atom is 0.310 e. The number of amides is 12. The van der Waals surface area contributed by atoms with Crippen molar-refractivity contribution in [2.45, 2.75) is 292 Å². The number of nitrogens with one attached hydrogen (secondary N) is 8. The molecule has 744 valence electrons. The Morgan fingerprint density at radius 1 is 0.390 bits per heavy atom. The number of hydrogen-bond acceptors (Lipinski definition) is 27. The Balaban J connectivity index is 0.000000203. The van der Waals surface area contributed by atoms with Gasteiger partial charge in [0, 0.05) is 73.0 Å². The van der Waals surface area contributed by atoms with E-state index < -0.39 is 161 Å². The van der Waals surface area contributed by atoms with Crippen LogP contribution in [0.15, 0.2) is 72.8 Å². The molecule has 41 heteroatoms.